The predicted molar refractivity (Wildman–Crippen MR) is 102 cm³/mol. The van der Waals surface area contributed by atoms with Crippen LogP contribution < -0.4 is 10.1 Å². The summed E-state index contributed by atoms with van der Waals surface area (Å²) in [7, 11) is 0. The number of benzene rings is 1. The first-order valence-corrected chi connectivity index (χ1v) is 8.80. The Hall–Kier alpha value is -2.73. The molecule has 26 heavy (non-hydrogen) atoms. The Morgan fingerprint density at radius 3 is 2.62 bits per heavy atom. The molecule has 0 saturated carbocycles. The highest BCUT2D eigenvalue weighted by Gasteiger charge is 2.16. The van der Waals surface area contributed by atoms with Crippen molar-refractivity contribution in [2.45, 2.75) is 13.8 Å². The number of esters is 1. The van der Waals surface area contributed by atoms with Gasteiger partial charge in [0.25, 0.3) is 0 Å². The van der Waals surface area contributed by atoms with Gasteiger partial charge in [-0.2, -0.15) is 0 Å². The summed E-state index contributed by atoms with van der Waals surface area (Å²) in [4.78, 5) is 16.4. The Labute approximate surface area is 156 Å². The van der Waals surface area contributed by atoms with Gasteiger partial charge in [0.15, 0.2) is 0 Å². The normalized spacial score (nSPS) is 10.7. The van der Waals surface area contributed by atoms with Gasteiger partial charge in [-0.15, -0.1) is 0 Å². The first-order valence-electron chi connectivity index (χ1n) is 8.42. The summed E-state index contributed by atoms with van der Waals surface area (Å²) in [6.45, 7) is 4.70. The van der Waals surface area contributed by atoms with Crippen LogP contribution in [0.5, 0.6) is 5.75 Å². The molecule has 0 unspecified atom stereocenters. The van der Waals surface area contributed by atoms with Crippen molar-refractivity contribution in [3.8, 4) is 17.0 Å². The van der Waals surface area contributed by atoms with Gasteiger partial charge in [0.1, 0.15) is 29.5 Å². The van der Waals surface area contributed by atoms with E-state index < -0.39 is 0 Å². The summed E-state index contributed by atoms with van der Waals surface area (Å²) in [5.41, 5.74) is 2.35. The van der Waals surface area contributed by atoms with E-state index in [9.17, 15) is 4.79 Å². The van der Waals surface area contributed by atoms with Crippen molar-refractivity contribution in [2.75, 3.05) is 25.1 Å². The first-order chi connectivity index (χ1) is 12.6. The molecule has 6 nitrogen and oxygen atoms in total. The molecular formula is C19H20ClN3O3. The number of hydrogen-bond acceptors (Lipinski definition) is 5. The maximum absolute atomic E-state index is 11.7. The Morgan fingerprint density at radius 2 is 1.92 bits per heavy atom. The zero-order valence-electron chi connectivity index (χ0n) is 14.7. The zero-order valence-corrected chi connectivity index (χ0v) is 15.4. The summed E-state index contributed by atoms with van der Waals surface area (Å²) in [5, 5.41) is 3.70. The van der Waals surface area contributed by atoms with E-state index in [1.54, 1.807) is 19.2 Å². The second-order valence-electron chi connectivity index (χ2n) is 5.50. The van der Waals surface area contributed by atoms with Crippen LogP contribution in [-0.4, -0.2) is 35.1 Å². The Bertz CT molecular complexity index is 906. The van der Waals surface area contributed by atoms with Crippen molar-refractivity contribution in [3.05, 3.63) is 47.6 Å². The van der Waals surface area contributed by atoms with Crippen molar-refractivity contribution in [3.63, 3.8) is 0 Å². The summed E-state index contributed by atoms with van der Waals surface area (Å²) < 4.78 is 12.3. The monoisotopic (exact) mass is 373 g/mol. The minimum absolute atomic E-state index is 0.0399. The van der Waals surface area contributed by atoms with Crippen molar-refractivity contribution in [1.29, 1.82) is 0 Å². The molecule has 0 saturated heterocycles. The molecule has 0 aliphatic heterocycles. The SMILES string of the molecule is CCOC(=O)CNc1c(-c2ccc(OCC)cc2)nc2ccc(Cl)cn12. The number of anilines is 1. The van der Waals surface area contributed by atoms with Gasteiger partial charge < -0.3 is 14.8 Å². The van der Waals surface area contributed by atoms with Crippen LogP contribution in [0.25, 0.3) is 16.9 Å². The van der Waals surface area contributed by atoms with Crippen LogP contribution in [-0.2, 0) is 9.53 Å². The number of aromatic nitrogens is 2. The number of pyridine rings is 1. The Kier molecular flexibility index (Phi) is 5.63. The lowest BCUT2D eigenvalue weighted by atomic mass is 10.1. The summed E-state index contributed by atoms with van der Waals surface area (Å²) in [5.74, 6) is 1.14. The van der Waals surface area contributed by atoms with Crippen LogP contribution in [0.3, 0.4) is 0 Å². The van der Waals surface area contributed by atoms with Crippen LogP contribution in [0, 0.1) is 0 Å². The lowest BCUT2D eigenvalue weighted by molar-refractivity contribution is -0.140. The molecule has 0 spiro atoms. The third-order valence-corrected chi connectivity index (χ3v) is 3.95. The molecule has 1 aromatic carbocycles. The summed E-state index contributed by atoms with van der Waals surface area (Å²) in [6.07, 6.45) is 1.76. The van der Waals surface area contributed by atoms with Crippen LogP contribution >= 0.6 is 11.6 Å². The van der Waals surface area contributed by atoms with Gasteiger partial charge >= 0.3 is 5.97 Å². The highest BCUT2D eigenvalue weighted by Crippen LogP contribution is 2.30. The number of hydrogen-bond donors (Lipinski definition) is 1. The van der Waals surface area contributed by atoms with E-state index in [1.165, 1.54) is 0 Å². The number of imidazole rings is 1. The van der Waals surface area contributed by atoms with E-state index in [-0.39, 0.29) is 12.5 Å². The van der Waals surface area contributed by atoms with E-state index in [0.717, 1.165) is 22.7 Å². The van der Waals surface area contributed by atoms with Crippen LogP contribution in [0.2, 0.25) is 5.02 Å². The smallest absolute Gasteiger partial charge is 0.325 e. The average Bonchev–Trinajstić information content (AvgIpc) is 2.99. The fourth-order valence-electron chi connectivity index (χ4n) is 2.63. The van der Waals surface area contributed by atoms with E-state index in [0.29, 0.717) is 24.1 Å². The predicted octanol–water partition coefficient (Wildman–Crippen LogP) is 4.03. The highest BCUT2D eigenvalue weighted by atomic mass is 35.5. The van der Waals surface area contributed by atoms with Crippen LogP contribution in [0.15, 0.2) is 42.6 Å². The molecule has 1 N–H and O–H groups in total. The van der Waals surface area contributed by atoms with Crippen LogP contribution in [0.1, 0.15) is 13.8 Å². The minimum Gasteiger partial charge on any atom is -0.494 e. The van der Waals surface area contributed by atoms with Crippen molar-refractivity contribution >= 4 is 29.0 Å². The molecule has 0 aliphatic rings. The van der Waals surface area contributed by atoms with Crippen LogP contribution in [0.4, 0.5) is 5.82 Å². The fourth-order valence-corrected chi connectivity index (χ4v) is 2.79. The second kappa shape index (κ2) is 8.10. The largest absolute Gasteiger partial charge is 0.494 e. The van der Waals surface area contributed by atoms with Gasteiger partial charge in [0, 0.05) is 11.8 Å². The van der Waals surface area contributed by atoms with E-state index in [1.807, 2.05) is 41.7 Å². The molecular weight excluding hydrogens is 354 g/mol. The highest BCUT2D eigenvalue weighted by molar-refractivity contribution is 6.30. The fraction of sp³-hybridized carbons (Fsp3) is 0.263. The maximum Gasteiger partial charge on any atom is 0.325 e. The summed E-state index contributed by atoms with van der Waals surface area (Å²) >= 11 is 6.13. The number of ether oxygens (including phenoxy) is 2. The number of carbonyl (C=O) groups excluding carboxylic acids is 1. The number of carbonyl (C=O) groups is 1. The maximum atomic E-state index is 11.7. The summed E-state index contributed by atoms with van der Waals surface area (Å²) in [6, 6.07) is 11.3. The number of nitrogens with zero attached hydrogens (tertiary/aromatic N) is 2. The third kappa shape index (κ3) is 3.91. The molecule has 2 aromatic heterocycles. The van der Waals surface area contributed by atoms with Crippen molar-refractivity contribution in [1.82, 2.24) is 9.38 Å². The standard InChI is InChI=1S/C19H20ClN3O3/c1-3-25-15-8-5-13(6-9-15)18-19(21-11-17(24)26-4-2)23-12-14(20)7-10-16(23)22-18/h5-10,12,21H,3-4,11H2,1-2H3. The zero-order chi connectivity index (χ0) is 18.5. The number of rotatable bonds is 7. The quantitative estimate of drug-likeness (QED) is 0.633. The van der Waals surface area contributed by atoms with Gasteiger partial charge in [-0.3, -0.25) is 9.20 Å². The number of halogens is 1. The molecule has 0 bridgehead atoms. The molecule has 7 heteroatoms. The van der Waals surface area contributed by atoms with E-state index in [2.05, 4.69) is 10.3 Å². The minimum atomic E-state index is -0.331. The topological polar surface area (TPSA) is 64.9 Å². The van der Waals surface area contributed by atoms with Crippen molar-refractivity contribution in [2.24, 2.45) is 0 Å². The number of nitrogens with one attached hydrogen (secondary N) is 1. The first kappa shape index (κ1) is 18.1. The molecule has 2 heterocycles. The van der Waals surface area contributed by atoms with Gasteiger partial charge in [-0.05, 0) is 50.2 Å². The molecule has 3 rings (SSSR count). The average molecular weight is 374 g/mol. The molecule has 0 radical (unpaired) electrons. The molecule has 0 atom stereocenters. The molecule has 0 amide bonds. The Morgan fingerprint density at radius 1 is 1.15 bits per heavy atom. The van der Waals surface area contributed by atoms with Gasteiger partial charge in [-0.25, -0.2) is 4.98 Å². The number of fused-ring (bicyclic) bond motifs is 1. The Balaban J connectivity index is 2.00. The lowest BCUT2D eigenvalue weighted by Crippen LogP contribution is -2.17. The molecule has 0 fully saturated rings. The van der Waals surface area contributed by atoms with E-state index >= 15 is 0 Å². The van der Waals surface area contributed by atoms with Gasteiger partial charge in [-0.1, -0.05) is 11.6 Å². The molecule has 0 aliphatic carbocycles. The third-order valence-electron chi connectivity index (χ3n) is 3.73. The van der Waals surface area contributed by atoms with E-state index in [4.69, 9.17) is 21.1 Å². The van der Waals surface area contributed by atoms with Gasteiger partial charge in [0.05, 0.1) is 18.2 Å². The lowest BCUT2D eigenvalue weighted by Gasteiger charge is -2.09. The second-order valence-corrected chi connectivity index (χ2v) is 5.94. The molecule has 3 aromatic rings. The van der Waals surface area contributed by atoms with Crippen molar-refractivity contribution < 1.29 is 14.3 Å². The van der Waals surface area contributed by atoms with Gasteiger partial charge in [0.2, 0.25) is 0 Å². The molecule has 136 valence electrons.